The summed E-state index contributed by atoms with van der Waals surface area (Å²) in [6.45, 7) is 3.44. The van der Waals surface area contributed by atoms with Crippen LogP contribution in [-0.4, -0.2) is 40.1 Å². The Kier molecular flexibility index (Phi) is 5.16. The van der Waals surface area contributed by atoms with Gasteiger partial charge in [-0.15, -0.1) is 0 Å². The van der Waals surface area contributed by atoms with Gasteiger partial charge in [-0.2, -0.15) is 4.98 Å². The van der Waals surface area contributed by atoms with Crippen molar-refractivity contribution in [3.8, 4) is 11.4 Å². The fraction of sp³-hybridized carbons (Fsp3) is 0.471. The van der Waals surface area contributed by atoms with Gasteiger partial charge >= 0.3 is 0 Å². The Morgan fingerprint density at radius 3 is 2.83 bits per heavy atom. The standard InChI is InChI=1S/C17H21ClN4O2/c1-11-8-12(9-19)10-22(11)16(23)7-6-15-20-17(21-24-15)13-2-4-14(18)5-3-13/h2-5,11-12H,6-10,19H2,1H3. The highest BCUT2D eigenvalue weighted by Gasteiger charge is 2.31. The van der Waals surface area contributed by atoms with Gasteiger partial charge in [0, 0.05) is 36.0 Å². The zero-order valence-corrected chi connectivity index (χ0v) is 14.4. The highest BCUT2D eigenvalue weighted by atomic mass is 35.5. The third-order valence-electron chi connectivity index (χ3n) is 4.44. The number of hydrogen-bond donors (Lipinski definition) is 1. The van der Waals surface area contributed by atoms with Crippen molar-refractivity contribution in [1.82, 2.24) is 15.0 Å². The van der Waals surface area contributed by atoms with Crippen molar-refractivity contribution >= 4 is 17.5 Å². The number of aryl methyl sites for hydroxylation is 1. The predicted molar refractivity (Wildman–Crippen MR) is 91.4 cm³/mol. The first-order chi connectivity index (χ1) is 11.6. The Hall–Kier alpha value is -1.92. The number of nitrogens with two attached hydrogens (primary N) is 1. The van der Waals surface area contributed by atoms with E-state index in [0.29, 0.717) is 42.0 Å². The fourth-order valence-corrected chi connectivity index (χ4v) is 3.22. The van der Waals surface area contributed by atoms with E-state index >= 15 is 0 Å². The van der Waals surface area contributed by atoms with Crippen LogP contribution in [-0.2, 0) is 11.2 Å². The molecule has 0 bridgehead atoms. The predicted octanol–water partition coefficient (Wildman–Crippen LogP) is 2.52. The van der Waals surface area contributed by atoms with Gasteiger partial charge in [0.2, 0.25) is 17.6 Å². The summed E-state index contributed by atoms with van der Waals surface area (Å²) < 4.78 is 5.25. The lowest BCUT2D eigenvalue weighted by atomic mass is 10.1. The molecule has 0 saturated carbocycles. The number of carbonyl (C=O) groups excluding carboxylic acids is 1. The summed E-state index contributed by atoms with van der Waals surface area (Å²) in [6.07, 6.45) is 1.78. The molecule has 2 unspecified atom stereocenters. The van der Waals surface area contributed by atoms with Gasteiger partial charge in [-0.05, 0) is 50.1 Å². The molecule has 0 radical (unpaired) electrons. The van der Waals surface area contributed by atoms with Crippen molar-refractivity contribution in [2.75, 3.05) is 13.1 Å². The molecule has 1 aliphatic heterocycles. The Labute approximate surface area is 146 Å². The van der Waals surface area contributed by atoms with E-state index in [9.17, 15) is 4.79 Å². The number of hydrogen-bond acceptors (Lipinski definition) is 5. The van der Waals surface area contributed by atoms with Crippen molar-refractivity contribution in [3.63, 3.8) is 0 Å². The summed E-state index contributed by atoms with van der Waals surface area (Å²) in [6, 6.07) is 7.47. The Morgan fingerprint density at radius 2 is 2.17 bits per heavy atom. The van der Waals surface area contributed by atoms with Crippen molar-refractivity contribution in [2.45, 2.75) is 32.2 Å². The van der Waals surface area contributed by atoms with Gasteiger partial charge in [0.15, 0.2) is 0 Å². The molecule has 24 heavy (non-hydrogen) atoms. The molecule has 0 aliphatic carbocycles. The van der Waals surface area contributed by atoms with Gasteiger partial charge < -0.3 is 15.2 Å². The second-order valence-electron chi connectivity index (χ2n) is 6.25. The number of halogens is 1. The lowest BCUT2D eigenvalue weighted by Crippen LogP contribution is -2.34. The van der Waals surface area contributed by atoms with Gasteiger partial charge in [0.25, 0.3) is 0 Å². The minimum atomic E-state index is 0.115. The maximum atomic E-state index is 12.4. The molecule has 1 aromatic heterocycles. The van der Waals surface area contributed by atoms with Crippen molar-refractivity contribution in [3.05, 3.63) is 35.2 Å². The number of nitrogens with zero attached hydrogens (tertiary/aromatic N) is 3. The molecule has 2 N–H and O–H groups in total. The number of rotatable bonds is 5. The van der Waals surface area contributed by atoms with E-state index in [2.05, 4.69) is 17.1 Å². The molecule has 0 spiro atoms. The minimum Gasteiger partial charge on any atom is -0.340 e. The first-order valence-corrected chi connectivity index (χ1v) is 8.52. The van der Waals surface area contributed by atoms with E-state index < -0.39 is 0 Å². The molecular weight excluding hydrogens is 328 g/mol. The maximum absolute atomic E-state index is 12.4. The number of benzene rings is 1. The van der Waals surface area contributed by atoms with Crippen LogP contribution in [0.25, 0.3) is 11.4 Å². The molecule has 6 nitrogen and oxygen atoms in total. The molecule has 1 aromatic carbocycles. The number of amides is 1. The normalized spacial score (nSPS) is 20.5. The van der Waals surface area contributed by atoms with E-state index in [-0.39, 0.29) is 11.9 Å². The first kappa shape index (κ1) is 16.9. The Morgan fingerprint density at radius 1 is 1.42 bits per heavy atom. The molecule has 3 rings (SSSR count). The van der Waals surface area contributed by atoms with Gasteiger partial charge in [0.05, 0.1) is 0 Å². The van der Waals surface area contributed by atoms with Gasteiger partial charge in [0.1, 0.15) is 0 Å². The molecule has 7 heteroatoms. The number of likely N-dealkylation sites (tertiary alicyclic amines) is 1. The second-order valence-corrected chi connectivity index (χ2v) is 6.69. The molecule has 2 atom stereocenters. The minimum absolute atomic E-state index is 0.115. The van der Waals surface area contributed by atoms with Crippen LogP contribution in [0.3, 0.4) is 0 Å². The SMILES string of the molecule is CC1CC(CN)CN1C(=O)CCc1nc(-c2ccc(Cl)cc2)no1. The van der Waals surface area contributed by atoms with Crippen LogP contribution in [0.4, 0.5) is 0 Å². The van der Waals surface area contributed by atoms with Crippen LogP contribution in [0.15, 0.2) is 28.8 Å². The summed E-state index contributed by atoms with van der Waals surface area (Å²) in [7, 11) is 0. The van der Waals surface area contributed by atoms with Gasteiger partial charge in [-0.3, -0.25) is 4.79 Å². The monoisotopic (exact) mass is 348 g/mol. The van der Waals surface area contributed by atoms with Crippen molar-refractivity contribution < 1.29 is 9.32 Å². The third-order valence-corrected chi connectivity index (χ3v) is 4.69. The summed E-state index contributed by atoms with van der Waals surface area (Å²) >= 11 is 5.87. The van der Waals surface area contributed by atoms with Crippen LogP contribution in [0.1, 0.15) is 25.7 Å². The average Bonchev–Trinajstić information content (AvgIpc) is 3.20. The van der Waals surface area contributed by atoms with Crippen LogP contribution in [0, 0.1) is 5.92 Å². The zero-order valence-electron chi connectivity index (χ0n) is 13.6. The molecule has 128 valence electrons. The van der Waals surface area contributed by atoms with E-state index in [1.807, 2.05) is 17.0 Å². The molecule has 1 fully saturated rings. The summed E-state index contributed by atoms with van der Waals surface area (Å²) in [5.41, 5.74) is 6.54. The Bertz CT molecular complexity index is 701. The summed E-state index contributed by atoms with van der Waals surface area (Å²) in [4.78, 5) is 18.6. The van der Waals surface area contributed by atoms with E-state index in [1.54, 1.807) is 12.1 Å². The van der Waals surface area contributed by atoms with Crippen LogP contribution in [0.2, 0.25) is 5.02 Å². The van der Waals surface area contributed by atoms with E-state index in [4.69, 9.17) is 21.9 Å². The molecule has 1 amide bonds. The largest absolute Gasteiger partial charge is 0.340 e. The highest BCUT2D eigenvalue weighted by molar-refractivity contribution is 6.30. The summed E-state index contributed by atoms with van der Waals surface area (Å²) in [5, 5.41) is 4.62. The van der Waals surface area contributed by atoms with Gasteiger partial charge in [-0.1, -0.05) is 16.8 Å². The van der Waals surface area contributed by atoms with Crippen molar-refractivity contribution in [1.29, 1.82) is 0 Å². The zero-order chi connectivity index (χ0) is 17.1. The Balaban J connectivity index is 1.57. The number of aromatic nitrogens is 2. The molecule has 1 aliphatic rings. The van der Waals surface area contributed by atoms with Crippen LogP contribution < -0.4 is 5.73 Å². The smallest absolute Gasteiger partial charge is 0.227 e. The second kappa shape index (κ2) is 7.32. The van der Waals surface area contributed by atoms with E-state index in [0.717, 1.165) is 18.5 Å². The molecule has 2 heterocycles. The summed E-state index contributed by atoms with van der Waals surface area (Å²) in [5.74, 6) is 1.50. The molecular formula is C17H21ClN4O2. The quantitative estimate of drug-likeness (QED) is 0.897. The van der Waals surface area contributed by atoms with Crippen LogP contribution >= 0.6 is 11.6 Å². The average molecular weight is 349 g/mol. The van der Waals surface area contributed by atoms with Crippen LogP contribution in [0.5, 0.6) is 0 Å². The number of carbonyl (C=O) groups is 1. The molecule has 1 saturated heterocycles. The molecule has 2 aromatic rings. The maximum Gasteiger partial charge on any atom is 0.227 e. The highest BCUT2D eigenvalue weighted by Crippen LogP contribution is 2.23. The van der Waals surface area contributed by atoms with Gasteiger partial charge in [-0.25, -0.2) is 0 Å². The lowest BCUT2D eigenvalue weighted by Gasteiger charge is -2.21. The fourth-order valence-electron chi connectivity index (χ4n) is 3.09. The van der Waals surface area contributed by atoms with Crippen molar-refractivity contribution in [2.24, 2.45) is 11.7 Å². The first-order valence-electron chi connectivity index (χ1n) is 8.15. The topological polar surface area (TPSA) is 85.2 Å². The third kappa shape index (κ3) is 3.76. The lowest BCUT2D eigenvalue weighted by molar-refractivity contribution is -0.131. The van der Waals surface area contributed by atoms with E-state index in [1.165, 1.54) is 0 Å².